The number of aromatic nitrogens is 3. The summed E-state index contributed by atoms with van der Waals surface area (Å²) in [5, 5.41) is 6.80. The second-order valence-corrected chi connectivity index (χ2v) is 7.97. The van der Waals surface area contributed by atoms with E-state index in [4.69, 9.17) is 5.73 Å². The minimum absolute atomic E-state index is 0.122. The van der Waals surface area contributed by atoms with Crippen LogP contribution in [0.5, 0.6) is 0 Å². The molecule has 0 fully saturated rings. The molecule has 3 aromatic rings. The lowest BCUT2D eigenvalue weighted by molar-refractivity contribution is -0.114. The average Bonchev–Trinajstić information content (AvgIpc) is 3.01. The molecule has 6 nitrogen and oxygen atoms in total. The third-order valence-electron chi connectivity index (χ3n) is 3.22. The second-order valence-electron chi connectivity index (χ2n) is 4.97. The number of aryl methyl sites for hydroxylation is 2. The minimum Gasteiger partial charge on any atom is -0.383 e. The zero-order valence-corrected chi connectivity index (χ0v) is 15.3. The van der Waals surface area contributed by atoms with Crippen LogP contribution >= 0.6 is 34.4 Å². The summed E-state index contributed by atoms with van der Waals surface area (Å²) in [7, 11) is 0. The average molecular weight is 366 g/mol. The highest BCUT2D eigenvalue weighted by atomic mass is 32.2. The quantitative estimate of drug-likeness (QED) is 0.542. The molecular weight excluding hydrogens is 350 g/mol. The summed E-state index contributed by atoms with van der Waals surface area (Å²) in [5.74, 6) is 1.03. The van der Waals surface area contributed by atoms with Gasteiger partial charge in [0.05, 0.1) is 11.1 Å². The van der Waals surface area contributed by atoms with Gasteiger partial charge in [0.1, 0.15) is 10.6 Å². The van der Waals surface area contributed by atoms with Gasteiger partial charge in [-0.15, -0.1) is 22.7 Å². The van der Waals surface area contributed by atoms with Crippen molar-refractivity contribution < 1.29 is 4.79 Å². The Morgan fingerprint density at radius 2 is 2.13 bits per heavy atom. The third-order valence-corrected chi connectivity index (χ3v) is 6.01. The summed E-state index contributed by atoms with van der Waals surface area (Å²) in [6.07, 6.45) is 0. The molecule has 0 aliphatic rings. The van der Waals surface area contributed by atoms with Crippen molar-refractivity contribution in [2.45, 2.75) is 31.7 Å². The van der Waals surface area contributed by atoms with Gasteiger partial charge in [-0.25, -0.2) is 15.0 Å². The van der Waals surface area contributed by atoms with Crippen molar-refractivity contribution in [2.75, 3.05) is 11.1 Å². The first-order valence-electron chi connectivity index (χ1n) is 6.82. The molecule has 1 amide bonds. The number of amides is 1. The molecule has 0 atom stereocenters. The first kappa shape index (κ1) is 16.2. The predicted molar refractivity (Wildman–Crippen MR) is 97.3 cm³/mol. The van der Waals surface area contributed by atoms with Crippen LogP contribution in [0.25, 0.3) is 10.2 Å². The molecule has 0 aliphatic carbocycles. The Bertz CT molecular complexity index is 886. The molecule has 120 valence electrons. The Morgan fingerprint density at radius 3 is 2.87 bits per heavy atom. The summed E-state index contributed by atoms with van der Waals surface area (Å²) in [6, 6.07) is 0. The number of fused-ring (bicyclic) bond motifs is 1. The van der Waals surface area contributed by atoms with Crippen molar-refractivity contribution in [1.82, 2.24) is 15.0 Å². The molecule has 3 N–H and O–H groups in total. The van der Waals surface area contributed by atoms with Gasteiger partial charge in [-0.3, -0.25) is 4.79 Å². The van der Waals surface area contributed by atoms with E-state index in [1.165, 1.54) is 34.9 Å². The Balaban J connectivity index is 1.77. The van der Waals surface area contributed by atoms with E-state index in [-0.39, 0.29) is 5.91 Å². The van der Waals surface area contributed by atoms with Crippen LogP contribution in [0.1, 0.15) is 23.1 Å². The number of nitrogens with zero attached hydrogens (tertiary/aromatic N) is 3. The first-order valence-corrected chi connectivity index (χ1v) is 9.50. The number of anilines is 2. The summed E-state index contributed by atoms with van der Waals surface area (Å²) in [6.45, 7) is 5.57. The van der Waals surface area contributed by atoms with Crippen molar-refractivity contribution in [3.05, 3.63) is 21.5 Å². The van der Waals surface area contributed by atoms with Gasteiger partial charge in [0.2, 0.25) is 5.91 Å². The number of thioether (sulfide) groups is 1. The van der Waals surface area contributed by atoms with Crippen LogP contribution in [0.15, 0.2) is 10.5 Å². The highest BCUT2D eigenvalue weighted by Crippen LogP contribution is 2.34. The highest BCUT2D eigenvalue weighted by Gasteiger charge is 2.13. The number of nitrogens with two attached hydrogens (primary N) is 1. The van der Waals surface area contributed by atoms with E-state index >= 15 is 0 Å². The maximum Gasteiger partial charge on any atom is 0.223 e. The summed E-state index contributed by atoms with van der Waals surface area (Å²) in [5.41, 5.74) is 8.11. The van der Waals surface area contributed by atoms with Gasteiger partial charge in [0, 0.05) is 22.9 Å². The SMILES string of the molecule is CC(=O)Nc1nc(CSc2nc(N)c3c(C)c(C)sc3n2)cs1. The molecule has 0 aromatic carbocycles. The number of nitrogen functional groups attached to an aromatic ring is 1. The van der Waals surface area contributed by atoms with E-state index in [2.05, 4.69) is 27.2 Å². The van der Waals surface area contributed by atoms with Gasteiger partial charge in [-0.2, -0.15) is 0 Å². The molecule has 0 aliphatic heterocycles. The molecule has 3 rings (SSSR count). The Kier molecular flexibility index (Phi) is 4.51. The van der Waals surface area contributed by atoms with E-state index in [1.807, 2.05) is 12.3 Å². The lowest BCUT2D eigenvalue weighted by atomic mass is 10.2. The van der Waals surface area contributed by atoms with Crippen LogP contribution in [-0.2, 0) is 10.5 Å². The van der Waals surface area contributed by atoms with Crippen LogP contribution in [0.4, 0.5) is 10.9 Å². The Morgan fingerprint density at radius 1 is 1.35 bits per heavy atom. The molecule has 23 heavy (non-hydrogen) atoms. The number of hydrogen-bond donors (Lipinski definition) is 2. The highest BCUT2D eigenvalue weighted by molar-refractivity contribution is 7.98. The number of hydrogen-bond acceptors (Lipinski definition) is 8. The fourth-order valence-corrected chi connectivity index (χ4v) is 4.74. The monoisotopic (exact) mass is 365 g/mol. The second kappa shape index (κ2) is 6.42. The summed E-state index contributed by atoms with van der Waals surface area (Å²) < 4.78 is 0. The van der Waals surface area contributed by atoms with E-state index in [0.717, 1.165) is 21.5 Å². The first-order chi connectivity index (χ1) is 10.9. The molecule has 0 radical (unpaired) electrons. The van der Waals surface area contributed by atoms with Crippen LogP contribution in [-0.4, -0.2) is 20.9 Å². The largest absolute Gasteiger partial charge is 0.383 e. The van der Waals surface area contributed by atoms with Crippen molar-refractivity contribution in [3.63, 3.8) is 0 Å². The van der Waals surface area contributed by atoms with Crippen molar-refractivity contribution >= 4 is 61.5 Å². The molecule has 0 unspecified atom stereocenters. The molecule has 0 saturated heterocycles. The van der Waals surface area contributed by atoms with Crippen LogP contribution < -0.4 is 11.1 Å². The van der Waals surface area contributed by atoms with Gasteiger partial charge < -0.3 is 11.1 Å². The summed E-state index contributed by atoms with van der Waals surface area (Å²) in [4.78, 5) is 26.5. The fraction of sp³-hybridized carbons (Fsp3) is 0.286. The molecule has 3 heterocycles. The van der Waals surface area contributed by atoms with E-state index < -0.39 is 0 Å². The van der Waals surface area contributed by atoms with Gasteiger partial charge in [0.15, 0.2) is 10.3 Å². The zero-order chi connectivity index (χ0) is 16.6. The topological polar surface area (TPSA) is 93.8 Å². The normalized spacial score (nSPS) is 11.1. The van der Waals surface area contributed by atoms with Gasteiger partial charge in [-0.05, 0) is 19.4 Å². The Labute approximate surface area is 145 Å². The fourth-order valence-electron chi connectivity index (χ4n) is 2.04. The molecule has 3 aromatic heterocycles. The third kappa shape index (κ3) is 3.46. The number of thiophene rings is 1. The van der Waals surface area contributed by atoms with E-state index in [9.17, 15) is 4.79 Å². The number of carbonyl (C=O) groups excluding carboxylic acids is 1. The van der Waals surface area contributed by atoms with E-state index in [1.54, 1.807) is 11.3 Å². The lowest BCUT2D eigenvalue weighted by Crippen LogP contribution is -2.05. The number of thiazole rings is 1. The maximum absolute atomic E-state index is 11.0. The van der Waals surface area contributed by atoms with Crippen LogP contribution in [0.3, 0.4) is 0 Å². The smallest absolute Gasteiger partial charge is 0.223 e. The predicted octanol–water partition coefficient (Wildman–Crippen LogP) is 3.60. The van der Waals surface area contributed by atoms with Gasteiger partial charge in [0.25, 0.3) is 0 Å². The molecule has 0 spiro atoms. The number of carbonyl (C=O) groups is 1. The molecule has 9 heteroatoms. The van der Waals surface area contributed by atoms with Crippen molar-refractivity contribution in [1.29, 1.82) is 0 Å². The van der Waals surface area contributed by atoms with Gasteiger partial charge >= 0.3 is 0 Å². The van der Waals surface area contributed by atoms with E-state index in [0.29, 0.717) is 21.9 Å². The minimum atomic E-state index is -0.122. The maximum atomic E-state index is 11.0. The lowest BCUT2D eigenvalue weighted by Gasteiger charge is -2.02. The van der Waals surface area contributed by atoms with Gasteiger partial charge in [-0.1, -0.05) is 11.8 Å². The van der Waals surface area contributed by atoms with Crippen LogP contribution in [0.2, 0.25) is 0 Å². The molecule has 0 bridgehead atoms. The standard InChI is InChI=1S/C14H15N5OS3/c1-6-7(2)23-12-10(6)11(15)18-14(19-12)22-5-9-4-21-13(17-9)16-8(3)20/h4H,5H2,1-3H3,(H2,15,18,19)(H,16,17,20). The van der Waals surface area contributed by atoms with Crippen molar-refractivity contribution in [3.8, 4) is 0 Å². The zero-order valence-electron chi connectivity index (χ0n) is 12.8. The number of rotatable bonds is 4. The molecular formula is C14H15N5OS3. The number of nitrogens with one attached hydrogen (secondary N) is 1. The summed E-state index contributed by atoms with van der Waals surface area (Å²) >= 11 is 4.52. The molecule has 0 saturated carbocycles. The van der Waals surface area contributed by atoms with Crippen LogP contribution in [0, 0.1) is 13.8 Å². The van der Waals surface area contributed by atoms with Crippen molar-refractivity contribution in [2.24, 2.45) is 0 Å². The Hall–Kier alpha value is -1.71.